The van der Waals surface area contributed by atoms with E-state index < -0.39 is 0 Å². The monoisotopic (exact) mass is 376 g/mol. The zero-order valence-electron chi connectivity index (χ0n) is 17.2. The zero-order chi connectivity index (χ0) is 19.3. The summed E-state index contributed by atoms with van der Waals surface area (Å²) in [6.45, 7) is 7.82. The molecule has 2 N–H and O–H groups in total. The highest BCUT2D eigenvalue weighted by molar-refractivity contribution is 5.79. The Morgan fingerprint density at radius 2 is 2.11 bits per heavy atom. The molecule has 27 heavy (non-hydrogen) atoms. The number of nitrogens with zero attached hydrogens (tertiary/aromatic N) is 2. The lowest BCUT2D eigenvalue weighted by Crippen LogP contribution is -2.40. The van der Waals surface area contributed by atoms with E-state index in [0.717, 1.165) is 63.9 Å². The van der Waals surface area contributed by atoms with E-state index >= 15 is 0 Å². The molecule has 1 saturated heterocycles. The number of aliphatic imine (C=N–C) groups is 1. The molecule has 2 rings (SSSR count). The highest BCUT2D eigenvalue weighted by atomic mass is 16.5. The van der Waals surface area contributed by atoms with Gasteiger partial charge in [-0.25, -0.2) is 0 Å². The molecule has 1 aromatic rings. The molecule has 0 aromatic heterocycles. The summed E-state index contributed by atoms with van der Waals surface area (Å²) in [6, 6.07) is 8.31. The van der Waals surface area contributed by atoms with Gasteiger partial charge in [-0.1, -0.05) is 19.4 Å². The Morgan fingerprint density at radius 3 is 2.89 bits per heavy atom. The van der Waals surface area contributed by atoms with Gasteiger partial charge in [0.05, 0.1) is 7.11 Å². The van der Waals surface area contributed by atoms with Crippen LogP contribution in [0.5, 0.6) is 5.75 Å². The number of hydrogen-bond acceptors (Lipinski definition) is 4. The van der Waals surface area contributed by atoms with Gasteiger partial charge < -0.3 is 25.0 Å². The Balaban J connectivity index is 1.64. The van der Waals surface area contributed by atoms with Crippen LogP contribution in [-0.2, 0) is 4.74 Å². The van der Waals surface area contributed by atoms with Gasteiger partial charge in [-0.3, -0.25) is 4.99 Å². The number of nitrogens with one attached hydrogen (secondary N) is 2. The molecule has 1 atom stereocenters. The van der Waals surface area contributed by atoms with E-state index in [4.69, 9.17) is 9.47 Å². The second kappa shape index (κ2) is 12.4. The normalized spacial score (nSPS) is 17.2. The van der Waals surface area contributed by atoms with Crippen LogP contribution < -0.4 is 20.3 Å². The van der Waals surface area contributed by atoms with Gasteiger partial charge in [-0.15, -0.1) is 0 Å². The van der Waals surface area contributed by atoms with Crippen LogP contribution in [0.2, 0.25) is 0 Å². The molecule has 6 heteroatoms. The van der Waals surface area contributed by atoms with E-state index in [1.165, 1.54) is 18.5 Å². The number of methoxy groups -OCH3 is 1. The van der Waals surface area contributed by atoms with Crippen molar-refractivity contribution in [1.82, 2.24) is 10.6 Å². The molecule has 0 radical (unpaired) electrons. The summed E-state index contributed by atoms with van der Waals surface area (Å²) in [5.41, 5.74) is 1.24. The number of ether oxygens (including phenoxy) is 2. The third kappa shape index (κ3) is 7.67. The Hall–Kier alpha value is -1.95. The molecule has 0 bridgehead atoms. The first kappa shape index (κ1) is 21.4. The fourth-order valence-electron chi connectivity index (χ4n) is 3.23. The molecule has 1 unspecified atom stereocenters. The minimum absolute atomic E-state index is 0.618. The van der Waals surface area contributed by atoms with Crippen LogP contribution in [-0.4, -0.2) is 59.5 Å². The average molecular weight is 377 g/mol. The SMILES string of the molecule is CCCCOCCCNC(=NC)NCC1CCN(c2cccc(OC)c2)C1. The Kier molecular flexibility index (Phi) is 9.84. The molecule has 1 fully saturated rings. The summed E-state index contributed by atoms with van der Waals surface area (Å²) >= 11 is 0. The Bertz CT molecular complexity index is 565. The van der Waals surface area contributed by atoms with Crippen LogP contribution >= 0.6 is 0 Å². The van der Waals surface area contributed by atoms with Crippen molar-refractivity contribution in [3.8, 4) is 5.75 Å². The van der Waals surface area contributed by atoms with Gasteiger partial charge >= 0.3 is 0 Å². The molecule has 0 spiro atoms. The lowest BCUT2D eigenvalue weighted by Gasteiger charge is -2.20. The van der Waals surface area contributed by atoms with Crippen LogP contribution in [0.1, 0.15) is 32.6 Å². The predicted octanol–water partition coefficient (Wildman–Crippen LogP) is 2.89. The van der Waals surface area contributed by atoms with Crippen molar-refractivity contribution < 1.29 is 9.47 Å². The number of rotatable bonds is 11. The summed E-state index contributed by atoms with van der Waals surface area (Å²) in [4.78, 5) is 6.75. The fraction of sp³-hybridized carbons (Fsp3) is 0.667. The van der Waals surface area contributed by atoms with E-state index in [0.29, 0.717) is 5.92 Å². The second-order valence-electron chi connectivity index (χ2n) is 7.00. The number of unbranched alkanes of at least 4 members (excludes halogenated alkanes) is 1. The molecule has 1 aromatic carbocycles. The van der Waals surface area contributed by atoms with E-state index in [1.54, 1.807) is 7.11 Å². The maximum atomic E-state index is 5.59. The number of hydrogen-bond donors (Lipinski definition) is 2. The molecular formula is C21H36N4O2. The Labute approximate surface area is 164 Å². The minimum atomic E-state index is 0.618. The molecular weight excluding hydrogens is 340 g/mol. The van der Waals surface area contributed by atoms with Gasteiger partial charge in [0.25, 0.3) is 0 Å². The predicted molar refractivity (Wildman–Crippen MR) is 113 cm³/mol. The highest BCUT2D eigenvalue weighted by Crippen LogP contribution is 2.26. The summed E-state index contributed by atoms with van der Waals surface area (Å²) < 4.78 is 10.9. The van der Waals surface area contributed by atoms with E-state index in [9.17, 15) is 0 Å². The van der Waals surface area contributed by atoms with Crippen LogP contribution in [0.3, 0.4) is 0 Å². The van der Waals surface area contributed by atoms with Crippen LogP contribution in [0, 0.1) is 5.92 Å². The summed E-state index contributed by atoms with van der Waals surface area (Å²) in [6.07, 6.45) is 4.51. The maximum absolute atomic E-state index is 5.59. The highest BCUT2D eigenvalue weighted by Gasteiger charge is 2.23. The standard InChI is InChI=1S/C21H36N4O2/c1-4-5-13-27-14-7-11-23-21(22-2)24-16-18-10-12-25(17-18)19-8-6-9-20(15-19)26-3/h6,8-9,15,18H,4-5,7,10-14,16-17H2,1-3H3,(H2,22,23,24). The van der Waals surface area contributed by atoms with Crippen molar-refractivity contribution in [2.24, 2.45) is 10.9 Å². The number of benzene rings is 1. The van der Waals surface area contributed by atoms with Crippen LogP contribution in [0.15, 0.2) is 29.3 Å². The molecule has 152 valence electrons. The molecule has 1 aliphatic heterocycles. The third-order valence-corrected chi connectivity index (χ3v) is 4.89. The van der Waals surface area contributed by atoms with Gasteiger partial charge in [0, 0.05) is 58.2 Å². The molecule has 1 heterocycles. The van der Waals surface area contributed by atoms with Crippen molar-refractivity contribution in [2.45, 2.75) is 32.6 Å². The Morgan fingerprint density at radius 1 is 1.26 bits per heavy atom. The van der Waals surface area contributed by atoms with Gasteiger partial charge in [0.1, 0.15) is 5.75 Å². The zero-order valence-corrected chi connectivity index (χ0v) is 17.2. The first-order valence-electron chi connectivity index (χ1n) is 10.2. The first-order chi connectivity index (χ1) is 13.3. The van der Waals surface area contributed by atoms with Crippen molar-refractivity contribution in [2.75, 3.05) is 58.5 Å². The molecule has 0 amide bonds. The first-order valence-corrected chi connectivity index (χ1v) is 10.2. The summed E-state index contributed by atoms with van der Waals surface area (Å²) in [5, 5.41) is 6.83. The fourth-order valence-corrected chi connectivity index (χ4v) is 3.23. The molecule has 0 saturated carbocycles. The van der Waals surface area contributed by atoms with E-state index in [2.05, 4.69) is 45.6 Å². The summed E-state index contributed by atoms with van der Waals surface area (Å²) in [7, 11) is 3.54. The summed E-state index contributed by atoms with van der Waals surface area (Å²) in [5.74, 6) is 2.41. The van der Waals surface area contributed by atoms with Crippen molar-refractivity contribution in [3.63, 3.8) is 0 Å². The third-order valence-electron chi connectivity index (χ3n) is 4.89. The van der Waals surface area contributed by atoms with Crippen LogP contribution in [0.4, 0.5) is 5.69 Å². The number of guanidine groups is 1. The molecule has 1 aliphatic rings. The second-order valence-corrected chi connectivity index (χ2v) is 7.00. The molecule has 6 nitrogen and oxygen atoms in total. The van der Waals surface area contributed by atoms with Gasteiger partial charge in [-0.05, 0) is 37.3 Å². The van der Waals surface area contributed by atoms with E-state index in [1.807, 2.05) is 13.1 Å². The largest absolute Gasteiger partial charge is 0.497 e. The van der Waals surface area contributed by atoms with Crippen molar-refractivity contribution >= 4 is 11.6 Å². The number of anilines is 1. The topological polar surface area (TPSA) is 58.1 Å². The van der Waals surface area contributed by atoms with Gasteiger partial charge in [-0.2, -0.15) is 0 Å². The van der Waals surface area contributed by atoms with Crippen molar-refractivity contribution in [3.05, 3.63) is 24.3 Å². The maximum Gasteiger partial charge on any atom is 0.190 e. The van der Waals surface area contributed by atoms with Crippen LogP contribution in [0.25, 0.3) is 0 Å². The smallest absolute Gasteiger partial charge is 0.190 e. The quantitative estimate of drug-likeness (QED) is 0.353. The van der Waals surface area contributed by atoms with Crippen molar-refractivity contribution in [1.29, 1.82) is 0 Å². The van der Waals surface area contributed by atoms with Gasteiger partial charge in [0.15, 0.2) is 5.96 Å². The van der Waals surface area contributed by atoms with E-state index in [-0.39, 0.29) is 0 Å². The lowest BCUT2D eigenvalue weighted by molar-refractivity contribution is 0.129. The average Bonchev–Trinajstić information content (AvgIpc) is 3.18. The molecule has 0 aliphatic carbocycles. The van der Waals surface area contributed by atoms with Gasteiger partial charge in [0.2, 0.25) is 0 Å². The lowest BCUT2D eigenvalue weighted by atomic mass is 10.1. The minimum Gasteiger partial charge on any atom is -0.497 e.